The molecule has 0 N–H and O–H groups in total. The van der Waals surface area contributed by atoms with Gasteiger partial charge < -0.3 is 58.3 Å². The summed E-state index contributed by atoms with van der Waals surface area (Å²) in [4.78, 5) is 0. The number of hydrogen-bond donors (Lipinski definition) is 0. The van der Waals surface area contributed by atoms with Crippen molar-refractivity contribution in [3.8, 4) is 0 Å². The van der Waals surface area contributed by atoms with Crippen molar-refractivity contribution in [2.24, 2.45) is 21.7 Å². The Hall–Kier alpha value is -1.68. The molecule has 0 atom stereocenters. The summed E-state index contributed by atoms with van der Waals surface area (Å²) in [5.41, 5.74) is -1.64. The molecule has 0 saturated carbocycles. The molecule has 0 rings (SSSR count). The maximum Gasteiger partial charge on any atom is 4.00 e. The Morgan fingerprint density at radius 2 is 0.410 bits per heavy atom. The maximum atomic E-state index is 11.2. The van der Waals surface area contributed by atoms with Gasteiger partial charge in [-0.1, -0.05) is 76.3 Å². The van der Waals surface area contributed by atoms with Crippen LogP contribution in [0.15, 0.2) is 101 Å². The maximum absolute atomic E-state index is 11.2. The third-order valence-corrected chi connectivity index (χ3v) is 9.38. The molecule has 0 heterocycles. The summed E-state index contributed by atoms with van der Waals surface area (Å²) < 4.78 is 42.7. The molecular formula is C48H84O12Zr. The summed E-state index contributed by atoms with van der Waals surface area (Å²) in [5, 5.41) is 44.6. The number of ether oxygens (including phenoxy) is 8. The monoisotopic (exact) mass is 943 g/mol. The van der Waals surface area contributed by atoms with Gasteiger partial charge in [0.2, 0.25) is 0 Å². The van der Waals surface area contributed by atoms with Gasteiger partial charge in [-0.25, -0.2) is 0 Å². The molecule has 352 valence electrons. The summed E-state index contributed by atoms with van der Waals surface area (Å²) in [6, 6.07) is 0. The van der Waals surface area contributed by atoms with Gasteiger partial charge in [-0.3, -0.25) is 0 Å². The van der Waals surface area contributed by atoms with E-state index in [1.807, 2.05) is 27.7 Å². The van der Waals surface area contributed by atoms with Crippen LogP contribution in [0.25, 0.3) is 0 Å². The third-order valence-electron chi connectivity index (χ3n) is 9.38. The van der Waals surface area contributed by atoms with Crippen molar-refractivity contribution >= 4 is 0 Å². The minimum absolute atomic E-state index is 0. The van der Waals surface area contributed by atoms with Gasteiger partial charge in [0.25, 0.3) is 0 Å². The Balaban J connectivity index is -0.000000227. The Kier molecular flexibility index (Phi) is 55.3. The van der Waals surface area contributed by atoms with E-state index in [4.69, 9.17) is 37.9 Å². The average Bonchev–Trinajstić information content (AvgIpc) is 3.28. The second-order valence-electron chi connectivity index (χ2n) is 14.4. The molecule has 61 heavy (non-hydrogen) atoms. The molecule has 13 heteroatoms. The van der Waals surface area contributed by atoms with Gasteiger partial charge in [-0.2, -0.15) is 0 Å². The van der Waals surface area contributed by atoms with Crippen LogP contribution in [0.1, 0.15) is 53.4 Å². The normalized spacial score (nSPS) is 11.1. The molecule has 0 aliphatic carbocycles. The minimum Gasteiger partial charge on any atom is -0.854 e. The van der Waals surface area contributed by atoms with Crippen LogP contribution in [-0.2, 0) is 64.1 Å². The fourth-order valence-electron chi connectivity index (χ4n) is 4.59. The molecule has 0 bridgehead atoms. The summed E-state index contributed by atoms with van der Waals surface area (Å²) in [6.45, 7) is 42.9. The van der Waals surface area contributed by atoms with Crippen molar-refractivity contribution in [1.82, 2.24) is 0 Å². The number of hydrogen-bond acceptors (Lipinski definition) is 12. The molecule has 0 radical (unpaired) electrons. The Labute approximate surface area is 391 Å². The van der Waals surface area contributed by atoms with Crippen LogP contribution in [0.4, 0.5) is 0 Å². The standard InChI is InChI=1S/4C12H21O3.Zr/c4*1-4-7-14-10-12(6-3,9-13)11-15-8-5-2;/h4*4-5H,1-2,6-11H2,3H3;/q4*-1;+4. The first-order chi connectivity index (χ1) is 29.0. The van der Waals surface area contributed by atoms with Crippen LogP contribution in [0, 0.1) is 21.7 Å². The van der Waals surface area contributed by atoms with Crippen LogP contribution in [0.5, 0.6) is 0 Å². The molecular weight excluding hydrogens is 860 g/mol. The van der Waals surface area contributed by atoms with Crippen LogP contribution >= 0.6 is 0 Å². The molecule has 0 aliphatic heterocycles. The Bertz CT molecular complexity index is 798. The largest absolute Gasteiger partial charge is 4.00 e. The first kappa shape index (κ1) is 68.4. The van der Waals surface area contributed by atoms with Crippen LogP contribution in [-0.4, -0.2) is 132 Å². The van der Waals surface area contributed by atoms with Crippen molar-refractivity contribution in [3.63, 3.8) is 0 Å². The summed E-state index contributed by atoms with van der Waals surface area (Å²) in [5.74, 6) is 0. The first-order valence-corrected chi connectivity index (χ1v) is 20.8. The molecule has 0 fully saturated rings. The second kappa shape index (κ2) is 49.3. The van der Waals surface area contributed by atoms with Gasteiger partial charge in [0, 0.05) is 21.7 Å². The van der Waals surface area contributed by atoms with Gasteiger partial charge in [0.1, 0.15) is 0 Å². The van der Waals surface area contributed by atoms with E-state index in [1.165, 1.54) is 0 Å². The predicted molar refractivity (Wildman–Crippen MR) is 238 cm³/mol. The van der Waals surface area contributed by atoms with E-state index >= 15 is 0 Å². The van der Waals surface area contributed by atoms with Crippen molar-refractivity contribution in [3.05, 3.63) is 101 Å². The zero-order valence-corrected chi connectivity index (χ0v) is 41.1. The van der Waals surface area contributed by atoms with Crippen molar-refractivity contribution in [2.75, 3.05) is 132 Å². The minimum atomic E-state index is -0.411. The van der Waals surface area contributed by atoms with Gasteiger partial charge >= 0.3 is 26.2 Å². The molecule has 0 aliphatic rings. The van der Waals surface area contributed by atoms with E-state index in [9.17, 15) is 20.4 Å². The summed E-state index contributed by atoms with van der Waals surface area (Å²) in [6.07, 6.45) is 16.4. The van der Waals surface area contributed by atoms with E-state index < -0.39 is 21.7 Å². The SMILES string of the molecule is C=CCOCC(CC)(C[O-])COCC=C.C=CCOCC(CC)(C[O-])COCC=C.C=CCOCC(CC)(C[O-])COCC=C.C=CCOCC(CC)(C[O-])COCC=C.[Zr+4]. The van der Waals surface area contributed by atoms with Crippen molar-refractivity contribution in [2.45, 2.75) is 53.4 Å². The topological polar surface area (TPSA) is 166 Å². The fourth-order valence-corrected chi connectivity index (χ4v) is 4.59. The Morgan fingerprint density at radius 3 is 0.475 bits per heavy atom. The molecule has 0 unspecified atom stereocenters. The summed E-state index contributed by atoms with van der Waals surface area (Å²) >= 11 is 0. The first-order valence-electron chi connectivity index (χ1n) is 20.8. The molecule has 12 nitrogen and oxygen atoms in total. The molecule has 0 aromatic rings. The summed E-state index contributed by atoms with van der Waals surface area (Å²) in [7, 11) is 0. The Morgan fingerprint density at radius 1 is 0.295 bits per heavy atom. The molecule has 0 saturated heterocycles. The van der Waals surface area contributed by atoms with Crippen LogP contribution in [0.2, 0.25) is 0 Å². The van der Waals surface area contributed by atoms with Crippen molar-refractivity contribution < 1.29 is 84.5 Å². The molecule has 0 amide bonds. The van der Waals surface area contributed by atoms with Gasteiger partial charge in [0.15, 0.2) is 0 Å². The predicted octanol–water partition coefficient (Wildman–Crippen LogP) is 4.59. The van der Waals surface area contributed by atoms with E-state index in [0.29, 0.717) is 106 Å². The average molecular weight is 944 g/mol. The number of rotatable bonds is 40. The zero-order chi connectivity index (χ0) is 46.3. The van der Waals surface area contributed by atoms with E-state index in [0.717, 1.165) is 25.7 Å². The van der Waals surface area contributed by atoms with Gasteiger partial charge in [0.05, 0.1) is 106 Å². The van der Waals surface area contributed by atoms with Crippen LogP contribution < -0.4 is 20.4 Å². The molecule has 0 aromatic heterocycles. The molecule has 0 aromatic carbocycles. The zero-order valence-electron chi connectivity index (χ0n) is 38.6. The van der Waals surface area contributed by atoms with E-state index in [2.05, 4.69) is 52.6 Å². The fraction of sp³-hybridized carbons (Fsp3) is 0.667. The van der Waals surface area contributed by atoms with Gasteiger partial charge in [-0.15, -0.1) is 79.1 Å². The van der Waals surface area contributed by atoms with Crippen molar-refractivity contribution in [1.29, 1.82) is 0 Å². The van der Waals surface area contributed by atoms with Crippen LogP contribution in [0.3, 0.4) is 0 Å². The third kappa shape index (κ3) is 37.4. The van der Waals surface area contributed by atoms with Gasteiger partial charge in [-0.05, 0) is 25.7 Å². The van der Waals surface area contributed by atoms with E-state index in [-0.39, 0.29) is 52.6 Å². The smallest absolute Gasteiger partial charge is 0.854 e. The molecule has 0 spiro atoms. The van der Waals surface area contributed by atoms with E-state index in [1.54, 1.807) is 48.6 Å². The quantitative estimate of drug-likeness (QED) is 0.0621. The second-order valence-corrected chi connectivity index (χ2v) is 14.4.